The minimum Gasteiger partial charge on any atom is -0.481 e. The number of aromatic nitrogens is 2. The van der Waals surface area contributed by atoms with Gasteiger partial charge in [0, 0.05) is 5.69 Å². The molecule has 1 heterocycles. The number of hydrogen-bond acceptors (Lipinski definition) is 5. The molecule has 25 heavy (non-hydrogen) atoms. The van der Waals surface area contributed by atoms with E-state index in [1.165, 1.54) is 18.2 Å². The molecule has 0 atom stereocenters. The number of aliphatic carboxylic acids is 2. The third-order valence-corrected chi connectivity index (χ3v) is 3.79. The van der Waals surface area contributed by atoms with Gasteiger partial charge in [0.1, 0.15) is 11.2 Å². The van der Waals surface area contributed by atoms with Crippen molar-refractivity contribution in [1.82, 2.24) is 9.97 Å². The molecule has 10 heteroatoms. The number of benzene rings is 1. The maximum absolute atomic E-state index is 12.5. The van der Waals surface area contributed by atoms with Crippen LogP contribution < -0.4 is 11.0 Å². The van der Waals surface area contributed by atoms with E-state index < -0.39 is 47.6 Å². The molecule has 0 aliphatic heterocycles. The van der Waals surface area contributed by atoms with Gasteiger partial charge in [-0.25, -0.2) is 4.79 Å². The summed E-state index contributed by atoms with van der Waals surface area (Å²) in [5.41, 5.74) is -1.65. The van der Waals surface area contributed by atoms with E-state index in [2.05, 4.69) is 15.3 Å². The number of fused-ring (bicyclic) bond motifs is 1. The molecule has 5 N–H and O–H groups in total. The normalized spacial score (nSPS) is 11.2. The van der Waals surface area contributed by atoms with Crippen molar-refractivity contribution in [2.75, 3.05) is 5.32 Å². The molecule has 2 aromatic rings. The van der Waals surface area contributed by atoms with E-state index in [1.807, 2.05) is 0 Å². The first-order valence-electron chi connectivity index (χ1n) is 7.12. The summed E-state index contributed by atoms with van der Waals surface area (Å²) in [6, 6.07) is 4.32. The Labute approximate surface area is 139 Å². The van der Waals surface area contributed by atoms with Crippen LogP contribution in [0.2, 0.25) is 0 Å². The monoisotopic (exact) mass is 349 g/mol. The highest BCUT2D eigenvalue weighted by Crippen LogP contribution is 2.31. The predicted molar refractivity (Wildman–Crippen MR) is 85.2 cm³/mol. The Morgan fingerprint density at radius 3 is 2.12 bits per heavy atom. The smallest absolute Gasteiger partial charge is 0.323 e. The number of Topliss-reactive ketones (excluding diaryl/α,β-unsaturated/α-hetero) is 1. The number of anilines is 1. The van der Waals surface area contributed by atoms with Crippen molar-refractivity contribution in [3.05, 3.63) is 28.7 Å². The van der Waals surface area contributed by atoms with Crippen molar-refractivity contribution >= 4 is 40.3 Å². The molecule has 0 spiro atoms. The van der Waals surface area contributed by atoms with E-state index in [9.17, 15) is 24.0 Å². The standard InChI is InChI=1S/C15H15N3O7/c1-7(19)15(5-11(20)21,6-12(22)23)13(24)16-8-2-3-9-10(4-8)18-14(25)17-9/h2-4H,5-6H2,1H3,(H,16,24)(H,20,21)(H,22,23)(H2,17,18,25). The molecule has 0 saturated carbocycles. The number of carbonyl (C=O) groups is 4. The molecule has 0 radical (unpaired) electrons. The van der Waals surface area contributed by atoms with Crippen LogP contribution >= 0.6 is 0 Å². The van der Waals surface area contributed by atoms with E-state index in [0.29, 0.717) is 11.0 Å². The number of imidazole rings is 1. The number of amides is 1. The van der Waals surface area contributed by atoms with Gasteiger partial charge in [-0.1, -0.05) is 0 Å². The van der Waals surface area contributed by atoms with Crippen LogP contribution in [0.3, 0.4) is 0 Å². The topological polar surface area (TPSA) is 169 Å². The maximum Gasteiger partial charge on any atom is 0.323 e. The summed E-state index contributed by atoms with van der Waals surface area (Å²) >= 11 is 0. The molecular weight excluding hydrogens is 334 g/mol. The summed E-state index contributed by atoms with van der Waals surface area (Å²) in [4.78, 5) is 62.9. The molecule has 0 fully saturated rings. The molecule has 0 bridgehead atoms. The van der Waals surface area contributed by atoms with Crippen LogP contribution in [0.4, 0.5) is 5.69 Å². The zero-order valence-corrected chi connectivity index (χ0v) is 13.1. The SMILES string of the molecule is CC(=O)C(CC(=O)O)(CC(=O)O)C(=O)Nc1ccc2[nH]c(=O)[nH]c2c1. The van der Waals surface area contributed by atoms with Crippen LogP contribution in [0.15, 0.2) is 23.0 Å². The first-order chi connectivity index (χ1) is 11.6. The van der Waals surface area contributed by atoms with Gasteiger partial charge in [0.2, 0.25) is 5.91 Å². The van der Waals surface area contributed by atoms with E-state index in [1.54, 1.807) is 0 Å². The first-order valence-corrected chi connectivity index (χ1v) is 7.12. The quantitative estimate of drug-likeness (QED) is 0.448. The number of carbonyl (C=O) groups excluding carboxylic acids is 2. The lowest BCUT2D eigenvalue weighted by atomic mass is 9.76. The Morgan fingerprint density at radius 2 is 1.60 bits per heavy atom. The van der Waals surface area contributed by atoms with Crippen LogP contribution in [0.5, 0.6) is 0 Å². The van der Waals surface area contributed by atoms with Crippen LogP contribution in [0.1, 0.15) is 19.8 Å². The highest BCUT2D eigenvalue weighted by Gasteiger charge is 2.47. The third-order valence-electron chi connectivity index (χ3n) is 3.79. The fourth-order valence-electron chi connectivity index (χ4n) is 2.51. The first kappa shape index (κ1) is 17.9. The fraction of sp³-hybridized carbons (Fsp3) is 0.267. The molecule has 2 rings (SSSR count). The van der Waals surface area contributed by atoms with Crippen LogP contribution in [0.25, 0.3) is 11.0 Å². The number of rotatable bonds is 7. The molecule has 0 aliphatic rings. The molecule has 1 aromatic heterocycles. The minimum atomic E-state index is -2.24. The zero-order chi connectivity index (χ0) is 18.8. The molecule has 0 aliphatic carbocycles. The molecule has 1 amide bonds. The van der Waals surface area contributed by atoms with Crippen LogP contribution in [-0.4, -0.2) is 43.8 Å². The van der Waals surface area contributed by atoms with Gasteiger partial charge >= 0.3 is 17.6 Å². The van der Waals surface area contributed by atoms with Crippen molar-refractivity contribution in [3.63, 3.8) is 0 Å². The number of ketones is 1. The Bertz CT molecular complexity index is 909. The Morgan fingerprint density at radius 1 is 1.04 bits per heavy atom. The van der Waals surface area contributed by atoms with Crippen molar-refractivity contribution in [1.29, 1.82) is 0 Å². The van der Waals surface area contributed by atoms with E-state index in [-0.39, 0.29) is 5.69 Å². The second kappa shape index (κ2) is 6.59. The molecule has 0 saturated heterocycles. The van der Waals surface area contributed by atoms with Gasteiger partial charge < -0.3 is 25.5 Å². The predicted octanol–water partition coefficient (Wildman–Crippen LogP) is 0.319. The van der Waals surface area contributed by atoms with E-state index >= 15 is 0 Å². The molecule has 0 unspecified atom stereocenters. The zero-order valence-electron chi connectivity index (χ0n) is 13.1. The Balaban J connectivity index is 2.39. The lowest BCUT2D eigenvalue weighted by molar-refractivity contribution is -0.154. The highest BCUT2D eigenvalue weighted by atomic mass is 16.4. The van der Waals surface area contributed by atoms with Crippen molar-refractivity contribution < 1.29 is 29.4 Å². The number of carboxylic acid groups (broad SMARTS) is 2. The van der Waals surface area contributed by atoms with Crippen molar-refractivity contribution in [2.45, 2.75) is 19.8 Å². The number of nitrogens with one attached hydrogen (secondary N) is 3. The lowest BCUT2D eigenvalue weighted by Gasteiger charge is -2.26. The lowest BCUT2D eigenvalue weighted by Crippen LogP contribution is -2.45. The van der Waals surface area contributed by atoms with Gasteiger partial charge in [0.25, 0.3) is 0 Å². The Hall–Kier alpha value is -3.43. The highest BCUT2D eigenvalue weighted by molar-refractivity contribution is 6.14. The average Bonchev–Trinajstić information content (AvgIpc) is 2.84. The van der Waals surface area contributed by atoms with E-state index in [0.717, 1.165) is 6.92 Å². The molecule has 132 valence electrons. The summed E-state index contributed by atoms with van der Waals surface area (Å²) in [7, 11) is 0. The fourth-order valence-corrected chi connectivity index (χ4v) is 2.51. The third kappa shape index (κ3) is 3.74. The summed E-state index contributed by atoms with van der Waals surface area (Å²) < 4.78 is 0. The van der Waals surface area contributed by atoms with Gasteiger partial charge in [-0.3, -0.25) is 19.2 Å². The second-order valence-corrected chi connectivity index (χ2v) is 5.57. The number of hydrogen-bond donors (Lipinski definition) is 5. The number of aromatic amines is 2. The molecule has 1 aromatic carbocycles. The minimum absolute atomic E-state index is 0.175. The number of carboxylic acids is 2. The largest absolute Gasteiger partial charge is 0.481 e. The molecular formula is C15H15N3O7. The Kier molecular flexibility index (Phi) is 4.72. The summed E-state index contributed by atoms with van der Waals surface area (Å²) in [6.45, 7) is 0.971. The van der Waals surface area contributed by atoms with Gasteiger partial charge in [0.15, 0.2) is 0 Å². The number of H-pyrrole nitrogens is 2. The second-order valence-electron chi connectivity index (χ2n) is 5.57. The van der Waals surface area contributed by atoms with Gasteiger partial charge in [-0.05, 0) is 25.1 Å². The van der Waals surface area contributed by atoms with E-state index in [4.69, 9.17) is 10.2 Å². The van der Waals surface area contributed by atoms with Crippen LogP contribution in [-0.2, 0) is 19.2 Å². The summed E-state index contributed by atoms with van der Waals surface area (Å²) in [5, 5.41) is 20.4. The van der Waals surface area contributed by atoms with Gasteiger partial charge in [-0.2, -0.15) is 0 Å². The van der Waals surface area contributed by atoms with Crippen molar-refractivity contribution in [3.8, 4) is 0 Å². The average molecular weight is 349 g/mol. The van der Waals surface area contributed by atoms with Gasteiger partial charge in [-0.15, -0.1) is 0 Å². The maximum atomic E-state index is 12.5. The van der Waals surface area contributed by atoms with Crippen LogP contribution in [0, 0.1) is 5.41 Å². The van der Waals surface area contributed by atoms with Gasteiger partial charge in [0.05, 0.1) is 23.9 Å². The van der Waals surface area contributed by atoms with Crippen molar-refractivity contribution in [2.24, 2.45) is 5.41 Å². The molecule has 10 nitrogen and oxygen atoms in total. The summed E-state index contributed by atoms with van der Waals surface area (Å²) in [6.07, 6.45) is -1.91. The summed E-state index contributed by atoms with van der Waals surface area (Å²) in [5.74, 6) is -4.86.